The van der Waals surface area contributed by atoms with Crippen molar-refractivity contribution < 1.29 is 27.0 Å². The van der Waals surface area contributed by atoms with Crippen LogP contribution in [0.5, 0.6) is 11.8 Å². The smallest absolute Gasteiger partial charge is 0.434 e. The van der Waals surface area contributed by atoms with Crippen LogP contribution in [0.1, 0.15) is 42.6 Å². The summed E-state index contributed by atoms with van der Waals surface area (Å²) in [4.78, 5) is 26.4. The lowest BCUT2D eigenvalue weighted by molar-refractivity contribution is -0.140. The monoisotopic (exact) mass is 571 g/mol. The van der Waals surface area contributed by atoms with Gasteiger partial charge in [0.05, 0.1) is 18.2 Å². The highest BCUT2D eigenvalue weighted by atomic mass is 32.1. The average molecular weight is 572 g/mol. The molecule has 5 aromatic rings. The summed E-state index contributed by atoms with van der Waals surface area (Å²) in [6.07, 6.45) is 0.988. The van der Waals surface area contributed by atoms with Crippen LogP contribution >= 0.6 is 11.3 Å². The minimum absolute atomic E-state index is 0.0977. The molecule has 5 aromatic heterocycles. The van der Waals surface area contributed by atoms with Crippen LogP contribution in [0.15, 0.2) is 36.2 Å². The van der Waals surface area contributed by atoms with E-state index >= 15 is 4.39 Å². The number of pyridine rings is 1. The van der Waals surface area contributed by atoms with Gasteiger partial charge in [0.15, 0.2) is 23.2 Å². The molecule has 0 unspecified atom stereocenters. The quantitative estimate of drug-likeness (QED) is 0.208. The Morgan fingerprint density at radius 3 is 2.62 bits per heavy atom. The summed E-state index contributed by atoms with van der Waals surface area (Å²) in [7, 11) is 1.52. The molecule has 0 radical (unpaired) electrons. The van der Waals surface area contributed by atoms with E-state index in [9.17, 15) is 13.2 Å². The second kappa shape index (κ2) is 10.1. The van der Waals surface area contributed by atoms with Gasteiger partial charge in [-0.3, -0.25) is 0 Å². The fourth-order valence-corrected chi connectivity index (χ4v) is 5.07. The zero-order valence-electron chi connectivity index (χ0n) is 21.2. The Kier molecular flexibility index (Phi) is 6.56. The lowest BCUT2D eigenvalue weighted by atomic mass is 10.1. The van der Waals surface area contributed by atoms with Gasteiger partial charge in [-0.25, -0.2) is 29.3 Å². The van der Waals surface area contributed by atoms with Gasteiger partial charge < -0.3 is 14.0 Å². The fraction of sp³-hybridized carbons (Fsp3) is 0.308. The number of aryl methyl sites for hydroxylation is 1. The third kappa shape index (κ3) is 4.83. The fourth-order valence-electron chi connectivity index (χ4n) is 4.32. The van der Waals surface area contributed by atoms with Crippen molar-refractivity contribution in [1.82, 2.24) is 34.5 Å². The summed E-state index contributed by atoms with van der Waals surface area (Å²) in [6.45, 7) is 1.70. The Hall–Kier alpha value is -4.20. The zero-order valence-corrected chi connectivity index (χ0v) is 22.1. The van der Waals surface area contributed by atoms with Crippen LogP contribution in [0.3, 0.4) is 0 Å². The number of thiophene rings is 1. The first-order valence-corrected chi connectivity index (χ1v) is 13.2. The average Bonchev–Trinajstić information content (AvgIpc) is 3.50. The van der Waals surface area contributed by atoms with E-state index in [0.29, 0.717) is 33.0 Å². The third-order valence-electron chi connectivity index (χ3n) is 6.41. The lowest BCUT2D eigenvalue weighted by Gasteiger charge is -2.13. The molecule has 1 aliphatic carbocycles. The molecule has 0 amide bonds. The first-order chi connectivity index (χ1) is 19.3. The molecule has 9 nitrogen and oxygen atoms in total. The molecule has 0 saturated heterocycles. The van der Waals surface area contributed by atoms with Gasteiger partial charge in [0.2, 0.25) is 11.8 Å². The van der Waals surface area contributed by atoms with Crippen molar-refractivity contribution in [2.45, 2.75) is 45.0 Å². The summed E-state index contributed by atoms with van der Waals surface area (Å²) >= 11 is 1.41. The minimum Gasteiger partial charge on any atom is -0.480 e. The van der Waals surface area contributed by atoms with E-state index in [0.717, 1.165) is 30.8 Å². The van der Waals surface area contributed by atoms with E-state index in [2.05, 4.69) is 24.9 Å². The molecular formula is C26H21F4N7O2S. The molecule has 0 aromatic carbocycles. The summed E-state index contributed by atoms with van der Waals surface area (Å²) in [6, 6.07) is 2.99. The Balaban J connectivity index is 1.31. The molecule has 0 aliphatic heterocycles. The number of ether oxygens (including phenoxy) is 2. The van der Waals surface area contributed by atoms with Crippen molar-refractivity contribution in [3.8, 4) is 34.7 Å². The first kappa shape index (κ1) is 26.0. The maximum absolute atomic E-state index is 15.1. The topological polar surface area (TPSA) is 101 Å². The first-order valence-electron chi connectivity index (χ1n) is 12.3. The van der Waals surface area contributed by atoms with E-state index in [4.69, 9.17) is 14.5 Å². The summed E-state index contributed by atoms with van der Waals surface area (Å²) < 4.78 is 67.3. The van der Waals surface area contributed by atoms with Crippen LogP contribution in [0.25, 0.3) is 33.1 Å². The van der Waals surface area contributed by atoms with Crippen LogP contribution in [0.2, 0.25) is 0 Å². The number of hydrogen-bond donors (Lipinski definition) is 0. The second-order valence-corrected chi connectivity index (χ2v) is 10.0. The maximum Gasteiger partial charge on any atom is 0.434 e. The predicted octanol–water partition coefficient (Wildman–Crippen LogP) is 6.05. The summed E-state index contributed by atoms with van der Waals surface area (Å²) in [5, 5.41) is 2.53. The number of hydrogen-bond acceptors (Lipinski definition) is 9. The molecule has 206 valence electrons. The molecule has 1 saturated carbocycles. The Bertz CT molecular complexity index is 1720. The number of halogens is 4. The Labute approximate surface area is 228 Å². The number of fused-ring (bicyclic) bond motifs is 1. The number of imidazole rings is 1. The van der Waals surface area contributed by atoms with Gasteiger partial charge in [-0.15, -0.1) is 11.3 Å². The Morgan fingerprint density at radius 2 is 1.93 bits per heavy atom. The molecule has 0 N–H and O–H groups in total. The van der Waals surface area contributed by atoms with E-state index in [-0.39, 0.29) is 36.5 Å². The highest BCUT2D eigenvalue weighted by Crippen LogP contribution is 2.45. The second-order valence-electron chi connectivity index (χ2n) is 9.11. The van der Waals surface area contributed by atoms with Crippen LogP contribution in [0.4, 0.5) is 17.6 Å². The van der Waals surface area contributed by atoms with Gasteiger partial charge in [-0.1, -0.05) is 0 Å². The van der Waals surface area contributed by atoms with Gasteiger partial charge in [-0.2, -0.15) is 18.2 Å². The number of alkyl halides is 3. The highest BCUT2D eigenvalue weighted by molar-refractivity contribution is 7.16. The number of aromatic nitrogens is 7. The maximum atomic E-state index is 15.1. The van der Waals surface area contributed by atoms with Gasteiger partial charge in [0.1, 0.15) is 29.0 Å². The van der Waals surface area contributed by atoms with Crippen LogP contribution in [0, 0.1) is 5.82 Å². The van der Waals surface area contributed by atoms with Crippen molar-refractivity contribution in [3.05, 3.63) is 59.0 Å². The van der Waals surface area contributed by atoms with Crippen LogP contribution < -0.4 is 9.47 Å². The predicted molar refractivity (Wildman–Crippen MR) is 137 cm³/mol. The van der Waals surface area contributed by atoms with Gasteiger partial charge in [0, 0.05) is 30.4 Å². The lowest BCUT2D eigenvalue weighted by Crippen LogP contribution is -2.06. The molecule has 40 heavy (non-hydrogen) atoms. The summed E-state index contributed by atoms with van der Waals surface area (Å²) in [5.74, 6) is 0.248. The Morgan fingerprint density at radius 1 is 1.10 bits per heavy atom. The normalized spacial score (nSPS) is 13.7. The highest BCUT2D eigenvalue weighted by Gasteiger charge is 2.35. The minimum atomic E-state index is -4.65. The van der Waals surface area contributed by atoms with Gasteiger partial charge in [0.25, 0.3) is 0 Å². The van der Waals surface area contributed by atoms with Crippen LogP contribution in [-0.4, -0.2) is 41.6 Å². The van der Waals surface area contributed by atoms with Crippen molar-refractivity contribution in [3.63, 3.8) is 0 Å². The largest absolute Gasteiger partial charge is 0.480 e. The standard InChI is InChI=1S/C26H21F4N7O2S/c1-3-37-10-17(26(28,29)30)34-22(37)20-16(27)8-13(9-31-20)11-39-23-15-6-7-40-25(15)36-21(35-23)18-19(14-4-5-14)32-12-33-24(18)38-2/h6-10,12,14H,3-5,11H2,1-2H3. The third-order valence-corrected chi connectivity index (χ3v) is 7.21. The van der Waals surface area contributed by atoms with Crippen molar-refractivity contribution in [1.29, 1.82) is 0 Å². The molecule has 1 aliphatic rings. The summed E-state index contributed by atoms with van der Waals surface area (Å²) in [5.41, 5.74) is 0.385. The van der Waals surface area contributed by atoms with Gasteiger partial charge in [-0.05, 0) is 37.3 Å². The molecule has 0 atom stereocenters. The van der Waals surface area contributed by atoms with Crippen molar-refractivity contribution in [2.24, 2.45) is 0 Å². The van der Waals surface area contributed by atoms with Crippen LogP contribution in [-0.2, 0) is 19.3 Å². The van der Waals surface area contributed by atoms with E-state index in [1.165, 1.54) is 35.5 Å². The van der Waals surface area contributed by atoms with E-state index in [1.54, 1.807) is 6.92 Å². The number of rotatable bonds is 8. The molecule has 0 bridgehead atoms. The van der Waals surface area contributed by atoms with Crippen molar-refractivity contribution >= 4 is 21.6 Å². The molecule has 1 fully saturated rings. The zero-order chi connectivity index (χ0) is 28.0. The molecule has 0 spiro atoms. The van der Waals surface area contributed by atoms with Gasteiger partial charge >= 0.3 is 6.18 Å². The van der Waals surface area contributed by atoms with E-state index < -0.39 is 17.7 Å². The molecule has 14 heteroatoms. The molecule has 6 rings (SSSR count). The SMILES string of the molecule is CCn1cc(C(F)(F)F)nc1-c1ncc(COc2nc(-c3c(OC)ncnc3C3CC3)nc3sccc23)cc1F. The van der Waals surface area contributed by atoms with E-state index in [1.807, 2.05) is 11.4 Å². The van der Waals surface area contributed by atoms with Crippen molar-refractivity contribution in [2.75, 3.05) is 7.11 Å². The number of nitrogens with zero attached hydrogens (tertiary/aromatic N) is 7. The molecular weight excluding hydrogens is 550 g/mol. The molecule has 5 heterocycles. The number of methoxy groups -OCH3 is 1.